The van der Waals surface area contributed by atoms with Crippen LogP contribution >= 0.6 is 0 Å². The van der Waals surface area contributed by atoms with Crippen LogP contribution in [0.1, 0.15) is 46.1 Å². The van der Waals surface area contributed by atoms with Crippen molar-refractivity contribution in [1.82, 2.24) is 0 Å². The van der Waals surface area contributed by atoms with Crippen molar-refractivity contribution in [1.29, 1.82) is 0 Å². The molecule has 4 nitrogen and oxygen atoms in total. The summed E-state index contributed by atoms with van der Waals surface area (Å²) in [6, 6.07) is 4.27. The van der Waals surface area contributed by atoms with Crippen molar-refractivity contribution in [3.05, 3.63) is 17.7 Å². The summed E-state index contributed by atoms with van der Waals surface area (Å²) in [4.78, 5) is 0. The van der Waals surface area contributed by atoms with Crippen molar-refractivity contribution in [3.63, 3.8) is 0 Å². The Bertz CT molecular complexity index is 419. The zero-order valence-electron chi connectivity index (χ0n) is 13.8. The van der Waals surface area contributed by atoms with Gasteiger partial charge in [0.25, 0.3) is 0 Å². The van der Waals surface area contributed by atoms with E-state index in [1.807, 2.05) is 33.8 Å². The smallest absolute Gasteiger partial charge is 0.203 e. The summed E-state index contributed by atoms with van der Waals surface area (Å²) in [5.74, 6) is 2.29. The zero-order valence-corrected chi connectivity index (χ0v) is 13.8. The normalized spacial score (nSPS) is 12.0. The van der Waals surface area contributed by atoms with Gasteiger partial charge < -0.3 is 19.9 Å². The van der Waals surface area contributed by atoms with Crippen molar-refractivity contribution in [2.24, 2.45) is 5.73 Å². The van der Waals surface area contributed by atoms with Gasteiger partial charge in [0.15, 0.2) is 11.5 Å². The zero-order chi connectivity index (χ0) is 15.7. The molecule has 1 rings (SSSR count). The van der Waals surface area contributed by atoms with Crippen LogP contribution < -0.4 is 19.9 Å². The second-order valence-corrected chi connectivity index (χ2v) is 5.05. The Hall–Kier alpha value is -1.42. The van der Waals surface area contributed by atoms with Gasteiger partial charge in [-0.25, -0.2) is 0 Å². The van der Waals surface area contributed by atoms with Crippen LogP contribution in [-0.4, -0.2) is 25.9 Å². The lowest BCUT2D eigenvalue weighted by molar-refractivity contribution is 0.259. The molecule has 21 heavy (non-hydrogen) atoms. The number of aryl methyl sites for hydroxylation is 1. The van der Waals surface area contributed by atoms with E-state index in [1.165, 1.54) is 0 Å². The molecule has 120 valence electrons. The quantitative estimate of drug-likeness (QED) is 0.717. The highest BCUT2D eigenvalue weighted by Gasteiger charge is 2.17. The largest absolute Gasteiger partial charge is 0.490 e. The van der Waals surface area contributed by atoms with E-state index in [4.69, 9.17) is 19.9 Å². The van der Waals surface area contributed by atoms with E-state index in [-0.39, 0.29) is 6.04 Å². The molecule has 1 aromatic rings. The highest BCUT2D eigenvalue weighted by molar-refractivity contribution is 5.56. The molecule has 1 atom stereocenters. The molecule has 0 radical (unpaired) electrons. The number of hydrogen-bond donors (Lipinski definition) is 1. The van der Waals surface area contributed by atoms with Crippen molar-refractivity contribution < 1.29 is 14.2 Å². The average Bonchev–Trinajstić information content (AvgIpc) is 2.44. The molecular formula is C17H29NO3. The Kier molecular flexibility index (Phi) is 7.98. The molecule has 0 heterocycles. The molecular weight excluding hydrogens is 266 g/mol. The van der Waals surface area contributed by atoms with E-state index in [9.17, 15) is 0 Å². The van der Waals surface area contributed by atoms with Gasteiger partial charge in [0.2, 0.25) is 5.75 Å². The van der Waals surface area contributed by atoms with Crippen LogP contribution in [0.5, 0.6) is 17.2 Å². The van der Waals surface area contributed by atoms with Crippen molar-refractivity contribution in [2.75, 3.05) is 19.8 Å². The molecule has 0 amide bonds. The van der Waals surface area contributed by atoms with Crippen molar-refractivity contribution in [2.45, 2.75) is 53.0 Å². The fraction of sp³-hybridized carbons (Fsp3) is 0.647. The summed E-state index contributed by atoms with van der Waals surface area (Å²) in [6.07, 6.45) is 2.98. The number of ether oxygens (including phenoxy) is 3. The average molecular weight is 295 g/mol. The van der Waals surface area contributed by atoms with Crippen molar-refractivity contribution >= 4 is 0 Å². The maximum absolute atomic E-state index is 5.83. The lowest BCUT2D eigenvalue weighted by Crippen LogP contribution is -2.14. The Labute approximate surface area is 128 Å². The third kappa shape index (κ3) is 5.46. The molecule has 0 saturated carbocycles. The second-order valence-electron chi connectivity index (χ2n) is 5.05. The molecule has 4 heteroatoms. The summed E-state index contributed by atoms with van der Waals surface area (Å²) < 4.78 is 17.2. The Morgan fingerprint density at radius 2 is 1.57 bits per heavy atom. The number of benzene rings is 1. The topological polar surface area (TPSA) is 53.7 Å². The predicted molar refractivity (Wildman–Crippen MR) is 86.5 cm³/mol. The van der Waals surface area contributed by atoms with Gasteiger partial charge in [-0.15, -0.1) is 0 Å². The Morgan fingerprint density at radius 3 is 2.14 bits per heavy atom. The molecule has 0 aliphatic rings. The van der Waals surface area contributed by atoms with Crippen molar-refractivity contribution in [3.8, 4) is 17.2 Å². The van der Waals surface area contributed by atoms with Crippen LogP contribution in [0.2, 0.25) is 0 Å². The van der Waals surface area contributed by atoms with Gasteiger partial charge in [-0.3, -0.25) is 0 Å². The number of hydrogen-bond acceptors (Lipinski definition) is 4. The molecule has 1 unspecified atom stereocenters. The van der Waals surface area contributed by atoms with Gasteiger partial charge in [0.05, 0.1) is 19.8 Å². The minimum absolute atomic E-state index is 0.231. The molecule has 1 aromatic carbocycles. The van der Waals surface area contributed by atoms with Crippen LogP contribution in [0, 0.1) is 0 Å². The molecule has 0 aliphatic heterocycles. The SMILES string of the molecule is CCOc1ccc(CCCC(C)N)c(OCC)c1OCC. The maximum Gasteiger partial charge on any atom is 0.203 e. The Morgan fingerprint density at radius 1 is 0.952 bits per heavy atom. The van der Waals surface area contributed by atoms with Gasteiger partial charge in [0.1, 0.15) is 0 Å². The van der Waals surface area contributed by atoms with Crippen LogP contribution in [0.3, 0.4) is 0 Å². The standard InChI is InChI=1S/C17H29NO3/c1-5-19-15-12-11-14(10-8-9-13(4)18)16(20-6-2)17(15)21-7-3/h11-13H,5-10,18H2,1-4H3. The van der Waals surface area contributed by atoms with E-state index >= 15 is 0 Å². The molecule has 2 N–H and O–H groups in total. The van der Waals surface area contributed by atoms with Crippen LogP contribution in [-0.2, 0) is 6.42 Å². The van der Waals surface area contributed by atoms with E-state index < -0.39 is 0 Å². The highest BCUT2D eigenvalue weighted by Crippen LogP contribution is 2.41. The number of rotatable bonds is 10. The number of nitrogens with two attached hydrogens (primary N) is 1. The summed E-state index contributed by atoms with van der Waals surface area (Å²) in [5.41, 5.74) is 6.98. The van der Waals surface area contributed by atoms with E-state index in [0.29, 0.717) is 19.8 Å². The first kappa shape index (κ1) is 17.6. The fourth-order valence-electron chi connectivity index (χ4n) is 2.25. The fourth-order valence-corrected chi connectivity index (χ4v) is 2.25. The summed E-state index contributed by atoms with van der Waals surface area (Å²) >= 11 is 0. The van der Waals surface area contributed by atoms with Gasteiger partial charge in [0, 0.05) is 6.04 Å². The van der Waals surface area contributed by atoms with Crippen LogP contribution in [0.15, 0.2) is 12.1 Å². The minimum Gasteiger partial charge on any atom is -0.490 e. The third-order valence-corrected chi connectivity index (χ3v) is 3.14. The molecule has 0 aliphatic carbocycles. The first-order valence-electron chi connectivity index (χ1n) is 7.93. The summed E-state index contributed by atoms with van der Waals surface area (Å²) in [7, 11) is 0. The lowest BCUT2D eigenvalue weighted by Gasteiger charge is -2.18. The monoisotopic (exact) mass is 295 g/mol. The van der Waals surface area contributed by atoms with E-state index in [2.05, 4.69) is 6.07 Å². The molecule has 0 saturated heterocycles. The van der Waals surface area contributed by atoms with E-state index in [0.717, 1.165) is 42.1 Å². The van der Waals surface area contributed by atoms with Gasteiger partial charge >= 0.3 is 0 Å². The molecule has 0 aromatic heterocycles. The maximum atomic E-state index is 5.83. The van der Waals surface area contributed by atoms with Gasteiger partial charge in [-0.05, 0) is 58.6 Å². The van der Waals surface area contributed by atoms with E-state index in [1.54, 1.807) is 0 Å². The molecule has 0 fully saturated rings. The summed E-state index contributed by atoms with van der Waals surface area (Å²) in [6.45, 7) is 9.75. The first-order valence-corrected chi connectivity index (χ1v) is 7.93. The van der Waals surface area contributed by atoms with Gasteiger partial charge in [-0.2, -0.15) is 0 Å². The van der Waals surface area contributed by atoms with Crippen LogP contribution in [0.4, 0.5) is 0 Å². The minimum atomic E-state index is 0.231. The molecule has 0 spiro atoms. The second kappa shape index (κ2) is 9.50. The first-order chi connectivity index (χ1) is 10.1. The Balaban J connectivity index is 3.02. The predicted octanol–water partition coefficient (Wildman–Crippen LogP) is 3.55. The summed E-state index contributed by atoms with van der Waals surface area (Å²) in [5, 5.41) is 0. The van der Waals surface area contributed by atoms with Crippen LogP contribution in [0.25, 0.3) is 0 Å². The third-order valence-electron chi connectivity index (χ3n) is 3.14. The van der Waals surface area contributed by atoms with Gasteiger partial charge in [-0.1, -0.05) is 6.07 Å². The molecule has 0 bridgehead atoms. The lowest BCUT2D eigenvalue weighted by atomic mass is 10.0. The highest BCUT2D eigenvalue weighted by atomic mass is 16.5.